The fraction of sp³-hybridized carbons (Fsp3) is 0.526. The Bertz CT molecular complexity index is 682. The lowest BCUT2D eigenvalue weighted by Gasteiger charge is -2.29. The van der Waals surface area contributed by atoms with Crippen LogP contribution >= 0.6 is 0 Å². The molecule has 0 spiro atoms. The van der Waals surface area contributed by atoms with Crippen molar-refractivity contribution >= 4 is 5.91 Å². The quantitative estimate of drug-likeness (QED) is 0.721. The summed E-state index contributed by atoms with van der Waals surface area (Å²) in [4.78, 5) is 18.7. The lowest BCUT2D eigenvalue weighted by Crippen LogP contribution is -2.40. The average molecular weight is 347 g/mol. The Labute approximate surface area is 148 Å². The van der Waals surface area contributed by atoms with Crippen LogP contribution in [0, 0.1) is 11.7 Å². The summed E-state index contributed by atoms with van der Waals surface area (Å²) in [6, 6.07) is 6.12. The first-order valence-corrected chi connectivity index (χ1v) is 8.78. The summed E-state index contributed by atoms with van der Waals surface area (Å²) < 4.78 is 18.3. The van der Waals surface area contributed by atoms with E-state index in [9.17, 15) is 9.18 Å². The molecule has 0 fully saturated rings. The molecular weight excluding hydrogens is 321 g/mol. The van der Waals surface area contributed by atoms with E-state index < -0.39 is 0 Å². The smallest absolute Gasteiger partial charge is 0.228 e. The number of rotatable bonds is 8. The number of benzene rings is 1. The third kappa shape index (κ3) is 5.37. The van der Waals surface area contributed by atoms with Gasteiger partial charge in [-0.15, -0.1) is 0 Å². The van der Waals surface area contributed by atoms with E-state index in [1.54, 1.807) is 12.1 Å². The van der Waals surface area contributed by atoms with Crippen LogP contribution in [0.4, 0.5) is 4.39 Å². The van der Waals surface area contributed by atoms with Gasteiger partial charge in [-0.25, -0.2) is 4.39 Å². The van der Waals surface area contributed by atoms with Gasteiger partial charge < -0.3 is 9.42 Å². The Morgan fingerprint density at radius 2 is 1.92 bits per heavy atom. The molecule has 1 unspecified atom stereocenters. The second kappa shape index (κ2) is 8.74. The van der Waals surface area contributed by atoms with Crippen molar-refractivity contribution in [3.8, 4) is 11.4 Å². The summed E-state index contributed by atoms with van der Waals surface area (Å²) in [7, 11) is 0. The lowest BCUT2D eigenvalue weighted by molar-refractivity contribution is -0.134. The maximum absolute atomic E-state index is 13.0. The molecule has 25 heavy (non-hydrogen) atoms. The molecule has 0 saturated heterocycles. The van der Waals surface area contributed by atoms with Gasteiger partial charge in [-0.3, -0.25) is 4.79 Å². The average Bonchev–Trinajstić information content (AvgIpc) is 3.03. The van der Waals surface area contributed by atoms with Crippen LogP contribution < -0.4 is 0 Å². The van der Waals surface area contributed by atoms with Gasteiger partial charge in [0.05, 0.1) is 0 Å². The van der Waals surface area contributed by atoms with Gasteiger partial charge in [0.2, 0.25) is 17.6 Å². The maximum atomic E-state index is 13.0. The number of nitrogens with zero attached hydrogens (tertiary/aromatic N) is 3. The fourth-order valence-electron chi connectivity index (χ4n) is 2.57. The molecule has 0 saturated carbocycles. The zero-order valence-corrected chi connectivity index (χ0v) is 15.3. The highest BCUT2D eigenvalue weighted by molar-refractivity contribution is 5.76. The summed E-state index contributed by atoms with van der Waals surface area (Å²) in [5.74, 6) is 1.08. The van der Waals surface area contributed by atoms with Gasteiger partial charge in [0.25, 0.3) is 0 Å². The molecule has 6 heteroatoms. The molecule has 2 rings (SSSR count). The van der Waals surface area contributed by atoms with E-state index in [4.69, 9.17) is 4.52 Å². The fourth-order valence-corrected chi connectivity index (χ4v) is 2.57. The Kier molecular flexibility index (Phi) is 6.67. The number of aromatic nitrogens is 2. The molecule has 1 amide bonds. The second-order valence-corrected chi connectivity index (χ2v) is 6.71. The van der Waals surface area contributed by atoms with Crippen molar-refractivity contribution in [3.63, 3.8) is 0 Å². The van der Waals surface area contributed by atoms with Crippen molar-refractivity contribution in [1.82, 2.24) is 15.0 Å². The highest BCUT2D eigenvalue weighted by Crippen LogP contribution is 2.17. The molecule has 0 radical (unpaired) electrons. The minimum Gasteiger partial charge on any atom is -0.339 e. The Hall–Kier alpha value is -2.24. The molecule has 1 atom stereocenters. The van der Waals surface area contributed by atoms with Gasteiger partial charge in [-0.05, 0) is 43.5 Å². The number of amides is 1. The van der Waals surface area contributed by atoms with E-state index >= 15 is 0 Å². The van der Waals surface area contributed by atoms with Crippen molar-refractivity contribution in [1.29, 1.82) is 0 Å². The second-order valence-electron chi connectivity index (χ2n) is 6.71. The zero-order valence-electron chi connectivity index (χ0n) is 15.3. The number of carbonyl (C=O) groups excluding carboxylic acids is 1. The van der Waals surface area contributed by atoms with E-state index in [0.29, 0.717) is 42.6 Å². The third-order valence-corrected chi connectivity index (χ3v) is 4.16. The van der Waals surface area contributed by atoms with Crippen LogP contribution in [0.15, 0.2) is 28.8 Å². The van der Waals surface area contributed by atoms with Crippen molar-refractivity contribution in [2.75, 3.05) is 6.54 Å². The van der Waals surface area contributed by atoms with E-state index in [2.05, 4.69) is 24.0 Å². The standard InChI is InChI=1S/C19H26FN3O2/c1-5-14(4)23(18(24)12-13(2)3)11-10-17-21-19(22-25-17)15-6-8-16(20)9-7-15/h6-9,13-14H,5,10-12H2,1-4H3. The summed E-state index contributed by atoms with van der Waals surface area (Å²) in [5, 5.41) is 3.94. The van der Waals surface area contributed by atoms with Crippen molar-refractivity contribution < 1.29 is 13.7 Å². The molecule has 0 bridgehead atoms. The van der Waals surface area contributed by atoms with Gasteiger partial charge in [-0.2, -0.15) is 4.98 Å². The molecule has 2 aromatic rings. The number of carbonyl (C=O) groups is 1. The van der Waals surface area contributed by atoms with E-state index in [-0.39, 0.29) is 17.8 Å². The van der Waals surface area contributed by atoms with E-state index in [1.807, 2.05) is 18.7 Å². The monoisotopic (exact) mass is 347 g/mol. The first kappa shape index (κ1) is 19.1. The maximum Gasteiger partial charge on any atom is 0.228 e. The van der Waals surface area contributed by atoms with Gasteiger partial charge in [0, 0.05) is 31.0 Å². The first-order valence-electron chi connectivity index (χ1n) is 8.78. The largest absolute Gasteiger partial charge is 0.339 e. The van der Waals surface area contributed by atoms with Crippen LogP contribution in [-0.4, -0.2) is 33.5 Å². The zero-order chi connectivity index (χ0) is 18.4. The van der Waals surface area contributed by atoms with Crippen LogP contribution in [0.5, 0.6) is 0 Å². The molecule has 5 nitrogen and oxygen atoms in total. The predicted molar refractivity (Wildman–Crippen MR) is 94.3 cm³/mol. The third-order valence-electron chi connectivity index (χ3n) is 4.16. The number of hydrogen-bond acceptors (Lipinski definition) is 4. The van der Waals surface area contributed by atoms with Crippen molar-refractivity contribution in [2.24, 2.45) is 5.92 Å². The molecule has 0 aliphatic heterocycles. The molecule has 0 aliphatic rings. The number of hydrogen-bond donors (Lipinski definition) is 0. The molecule has 0 aliphatic carbocycles. The van der Waals surface area contributed by atoms with Crippen LogP contribution in [-0.2, 0) is 11.2 Å². The normalized spacial score (nSPS) is 12.4. The van der Waals surface area contributed by atoms with E-state index in [1.165, 1.54) is 12.1 Å². The Morgan fingerprint density at radius 1 is 1.24 bits per heavy atom. The summed E-state index contributed by atoms with van der Waals surface area (Å²) in [6.07, 6.45) is 1.94. The van der Waals surface area contributed by atoms with E-state index in [0.717, 1.165) is 6.42 Å². The minimum atomic E-state index is -0.305. The van der Waals surface area contributed by atoms with Crippen LogP contribution in [0.25, 0.3) is 11.4 Å². The Balaban J connectivity index is 2.02. The number of halogens is 1. The minimum absolute atomic E-state index is 0.155. The first-order chi connectivity index (χ1) is 11.9. The highest BCUT2D eigenvalue weighted by atomic mass is 19.1. The highest BCUT2D eigenvalue weighted by Gasteiger charge is 2.20. The lowest BCUT2D eigenvalue weighted by atomic mass is 10.1. The summed E-state index contributed by atoms with van der Waals surface area (Å²) in [5.41, 5.74) is 0.700. The molecular formula is C19H26FN3O2. The molecule has 1 heterocycles. The predicted octanol–water partition coefficient (Wildman–Crippen LogP) is 4.09. The van der Waals surface area contributed by atoms with Crippen molar-refractivity contribution in [2.45, 2.75) is 53.0 Å². The molecule has 136 valence electrons. The molecule has 0 N–H and O–H groups in total. The van der Waals surface area contributed by atoms with Gasteiger partial charge in [0.1, 0.15) is 5.82 Å². The van der Waals surface area contributed by atoms with Gasteiger partial charge >= 0.3 is 0 Å². The molecule has 1 aromatic heterocycles. The summed E-state index contributed by atoms with van der Waals surface area (Å²) in [6.45, 7) is 8.75. The Morgan fingerprint density at radius 3 is 2.52 bits per heavy atom. The van der Waals surface area contributed by atoms with Crippen LogP contribution in [0.2, 0.25) is 0 Å². The summed E-state index contributed by atoms with van der Waals surface area (Å²) >= 11 is 0. The van der Waals surface area contributed by atoms with Crippen molar-refractivity contribution in [3.05, 3.63) is 36.0 Å². The topological polar surface area (TPSA) is 59.2 Å². The van der Waals surface area contributed by atoms with Gasteiger partial charge in [0.15, 0.2) is 0 Å². The van der Waals surface area contributed by atoms with Gasteiger partial charge in [-0.1, -0.05) is 25.9 Å². The SMILES string of the molecule is CCC(C)N(CCc1nc(-c2ccc(F)cc2)no1)C(=O)CC(C)C. The van der Waals surface area contributed by atoms with Crippen LogP contribution in [0.3, 0.4) is 0 Å². The van der Waals surface area contributed by atoms with Crippen LogP contribution in [0.1, 0.15) is 46.4 Å². The molecule has 1 aromatic carbocycles.